The number of hydrogen-bond donors (Lipinski definition) is 2. The summed E-state index contributed by atoms with van der Waals surface area (Å²) >= 11 is 5.82. The Balaban J connectivity index is 1.74. The molecule has 1 amide bonds. The maximum absolute atomic E-state index is 12.0. The first-order chi connectivity index (χ1) is 9.99. The fourth-order valence-corrected chi connectivity index (χ4v) is 2.83. The van der Waals surface area contributed by atoms with Crippen molar-refractivity contribution in [3.63, 3.8) is 0 Å². The third-order valence-corrected chi connectivity index (χ3v) is 4.24. The molecule has 114 valence electrons. The predicted octanol–water partition coefficient (Wildman–Crippen LogP) is 3.18. The third-order valence-electron chi connectivity index (χ3n) is 3.99. The average molecular weight is 310 g/mol. The lowest BCUT2D eigenvalue weighted by atomic mass is 9.74. The molecule has 2 rings (SSSR count). The Bertz CT molecular complexity index is 509. The summed E-state index contributed by atoms with van der Waals surface area (Å²) < 4.78 is 0. The van der Waals surface area contributed by atoms with Gasteiger partial charge in [0, 0.05) is 11.4 Å². The predicted molar refractivity (Wildman–Crippen MR) is 81.4 cm³/mol. The highest BCUT2D eigenvalue weighted by Crippen LogP contribution is 2.35. The van der Waals surface area contributed by atoms with Crippen molar-refractivity contribution in [1.82, 2.24) is 5.32 Å². The Hall–Kier alpha value is -1.55. The van der Waals surface area contributed by atoms with Gasteiger partial charge < -0.3 is 10.4 Å². The van der Waals surface area contributed by atoms with Crippen LogP contribution >= 0.6 is 11.6 Å². The zero-order valence-electron chi connectivity index (χ0n) is 11.9. The van der Waals surface area contributed by atoms with Crippen molar-refractivity contribution in [3.8, 4) is 0 Å². The molecule has 1 aromatic carbocycles. The Labute approximate surface area is 129 Å². The van der Waals surface area contributed by atoms with Gasteiger partial charge in [-0.05, 0) is 49.8 Å². The number of halogens is 1. The highest BCUT2D eigenvalue weighted by atomic mass is 35.5. The molecule has 1 saturated carbocycles. The molecule has 0 spiro atoms. The number of aryl methyl sites for hydroxylation is 1. The molecule has 1 aliphatic carbocycles. The van der Waals surface area contributed by atoms with E-state index in [2.05, 4.69) is 5.32 Å². The fraction of sp³-hybridized carbons (Fsp3) is 0.500. The quantitative estimate of drug-likeness (QED) is 0.813. The fourth-order valence-electron chi connectivity index (χ4n) is 2.70. The Kier molecular flexibility index (Phi) is 5.23. The zero-order valence-corrected chi connectivity index (χ0v) is 12.7. The topological polar surface area (TPSA) is 66.4 Å². The number of benzene rings is 1. The van der Waals surface area contributed by atoms with Crippen LogP contribution in [-0.2, 0) is 16.0 Å². The van der Waals surface area contributed by atoms with Crippen LogP contribution < -0.4 is 5.32 Å². The van der Waals surface area contributed by atoms with Crippen LogP contribution in [0, 0.1) is 0 Å². The zero-order chi connectivity index (χ0) is 15.3. The van der Waals surface area contributed by atoms with Crippen LogP contribution in [0.1, 0.15) is 44.1 Å². The summed E-state index contributed by atoms with van der Waals surface area (Å²) in [5.74, 6) is -0.902. The molecule has 0 aliphatic heterocycles. The molecule has 1 aliphatic rings. The molecule has 4 nitrogen and oxygen atoms in total. The van der Waals surface area contributed by atoms with Gasteiger partial charge in [-0.2, -0.15) is 0 Å². The van der Waals surface area contributed by atoms with E-state index in [1.165, 1.54) is 0 Å². The van der Waals surface area contributed by atoms with E-state index in [1.54, 1.807) is 0 Å². The summed E-state index contributed by atoms with van der Waals surface area (Å²) in [5.41, 5.74) is 0.652. The van der Waals surface area contributed by atoms with E-state index in [9.17, 15) is 9.59 Å². The molecule has 1 aromatic rings. The maximum Gasteiger partial charge on any atom is 0.305 e. The van der Waals surface area contributed by atoms with Crippen molar-refractivity contribution in [2.45, 2.75) is 50.5 Å². The van der Waals surface area contributed by atoms with E-state index in [0.717, 1.165) is 37.7 Å². The summed E-state index contributed by atoms with van der Waals surface area (Å²) in [6, 6.07) is 7.59. The monoisotopic (exact) mass is 309 g/mol. The van der Waals surface area contributed by atoms with E-state index < -0.39 is 11.5 Å². The highest BCUT2D eigenvalue weighted by molar-refractivity contribution is 6.30. The number of carboxylic acids is 1. The SMILES string of the molecule is O=C(O)CC1(NC(=O)CCCc2ccc(Cl)cc2)CCC1. The normalized spacial score (nSPS) is 16.0. The van der Waals surface area contributed by atoms with Crippen LogP contribution in [0.5, 0.6) is 0 Å². The van der Waals surface area contributed by atoms with Crippen molar-refractivity contribution >= 4 is 23.5 Å². The van der Waals surface area contributed by atoms with E-state index in [4.69, 9.17) is 16.7 Å². The van der Waals surface area contributed by atoms with Crippen LogP contribution in [0.2, 0.25) is 5.02 Å². The van der Waals surface area contributed by atoms with Crippen LogP contribution in [0.25, 0.3) is 0 Å². The van der Waals surface area contributed by atoms with E-state index in [0.29, 0.717) is 11.4 Å². The lowest BCUT2D eigenvalue weighted by molar-refractivity contribution is -0.140. The minimum absolute atomic E-state index is 0.0237. The van der Waals surface area contributed by atoms with Gasteiger partial charge in [-0.25, -0.2) is 0 Å². The van der Waals surface area contributed by atoms with Gasteiger partial charge >= 0.3 is 5.97 Å². The van der Waals surface area contributed by atoms with Gasteiger partial charge in [0.1, 0.15) is 0 Å². The second-order valence-corrected chi connectivity index (χ2v) is 6.17. The first-order valence-electron chi connectivity index (χ1n) is 7.26. The number of amides is 1. The Morgan fingerprint density at radius 2 is 1.90 bits per heavy atom. The number of carbonyl (C=O) groups excluding carboxylic acids is 1. The number of carboxylic acid groups (broad SMARTS) is 1. The Morgan fingerprint density at radius 3 is 2.43 bits per heavy atom. The smallest absolute Gasteiger partial charge is 0.305 e. The van der Waals surface area contributed by atoms with Crippen LogP contribution in [0.3, 0.4) is 0 Å². The number of hydrogen-bond acceptors (Lipinski definition) is 2. The van der Waals surface area contributed by atoms with Crippen molar-refractivity contribution in [2.75, 3.05) is 0 Å². The molecule has 0 saturated heterocycles. The number of rotatable bonds is 7. The van der Waals surface area contributed by atoms with Gasteiger partial charge in [-0.3, -0.25) is 9.59 Å². The maximum atomic E-state index is 12.0. The summed E-state index contributed by atoms with van der Waals surface area (Å²) in [4.78, 5) is 22.8. The van der Waals surface area contributed by atoms with E-state index in [-0.39, 0.29) is 12.3 Å². The van der Waals surface area contributed by atoms with Crippen molar-refractivity contribution < 1.29 is 14.7 Å². The standard InChI is InChI=1S/C16H20ClNO3/c17-13-7-5-12(6-8-13)3-1-4-14(19)18-16(9-2-10-16)11-15(20)21/h5-8H,1-4,9-11H2,(H,18,19)(H,20,21). The van der Waals surface area contributed by atoms with Gasteiger partial charge in [0.15, 0.2) is 0 Å². The molecule has 0 unspecified atom stereocenters. The molecule has 0 atom stereocenters. The summed E-state index contributed by atoms with van der Waals surface area (Å²) in [6.45, 7) is 0. The summed E-state index contributed by atoms with van der Waals surface area (Å²) in [7, 11) is 0. The van der Waals surface area contributed by atoms with E-state index >= 15 is 0 Å². The number of aliphatic carboxylic acids is 1. The highest BCUT2D eigenvalue weighted by Gasteiger charge is 2.40. The molecule has 21 heavy (non-hydrogen) atoms. The second kappa shape index (κ2) is 6.94. The summed E-state index contributed by atoms with van der Waals surface area (Å²) in [6.07, 6.45) is 4.52. The molecular weight excluding hydrogens is 290 g/mol. The largest absolute Gasteiger partial charge is 0.481 e. The van der Waals surface area contributed by atoms with Crippen molar-refractivity contribution in [2.24, 2.45) is 0 Å². The van der Waals surface area contributed by atoms with Gasteiger partial charge in [0.2, 0.25) is 5.91 Å². The molecule has 0 heterocycles. The Morgan fingerprint density at radius 1 is 1.24 bits per heavy atom. The van der Waals surface area contributed by atoms with Gasteiger partial charge in [0.05, 0.1) is 12.0 Å². The van der Waals surface area contributed by atoms with Gasteiger partial charge in [-0.1, -0.05) is 23.7 Å². The molecule has 0 bridgehead atoms. The molecule has 1 fully saturated rings. The minimum Gasteiger partial charge on any atom is -0.481 e. The first kappa shape index (κ1) is 15.8. The van der Waals surface area contributed by atoms with Gasteiger partial charge in [0.25, 0.3) is 0 Å². The van der Waals surface area contributed by atoms with Crippen LogP contribution in [-0.4, -0.2) is 22.5 Å². The van der Waals surface area contributed by atoms with Crippen molar-refractivity contribution in [1.29, 1.82) is 0 Å². The first-order valence-corrected chi connectivity index (χ1v) is 7.64. The summed E-state index contributed by atoms with van der Waals surface area (Å²) in [5, 5.41) is 12.5. The molecule has 0 radical (unpaired) electrons. The lowest BCUT2D eigenvalue weighted by Crippen LogP contribution is -2.54. The van der Waals surface area contributed by atoms with Crippen LogP contribution in [0.4, 0.5) is 0 Å². The number of carbonyl (C=O) groups is 2. The molecule has 5 heteroatoms. The van der Waals surface area contributed by atoms with Crippen LogP contribution in [0.15, 0.2) is 24.3 Å². The lowest BCUT2D eigenvalue weighted by Gasteiger charge is -2.41. The molecule has 2 N–H and O–H groups in total. The minimum atomic E-state index is -0.851. The van der Waals surface area contributed by atoms with Gasteiger partial charge in [-0.15, -0.1) is 0 Å². The third kappa shape index (κ3) is 4.74. The van der Waals surface area contributed by atoms with Crippen molar-refractivity contribution in [3.05, 3.63) is 34.9 Å². The second-order valence-electron chi connectivity index (χ2n) is 5.73. The molecular formula is C16H20ClNO3. The van der Waals surface area contributed by atoms with E-state index in [1.807, 2.05) is 24.3 Å². The molecule has 0 aromatic heterocycles. The average Bonchev–Trinajstić information content (AvgIpc) is 2.38. The number of nitrogens with one attached hydrogen (secondary N) is 1.